The highest BCUT2D eigenvalue weighted by Crippen LogP contribution is 2.42. The van der Waals surface area contributed by atoms with Gasteiger partial charge in [0.1, 0.15) is 29.8 Å². The lowest BCUT2D eigenvalue weighted by Gasteiger charge is -2.44. The second-order valence-corrected chi connectivity index (χ2v) is 11.0. The molecule has 5 rings (SSSR count). The van der Waals surface area contributed by atoms with Crippen LogP contribution in [0, 0.1) is 0 Å². The van der Waals surface area contributed by atoms with Crippen molar-refractivity contribution in [1.29, 1.82) is 0 Å². The lowest BCUT2D eigenvalue weighted by Crippen LogP contribution is -2.57. The van der Waals surface area contributed by atoms with Crippen LogP contribution in [0.5, 0.6) is 5.75 Å². The Bertz CT molecular complexity index is 1320. The van der Waals surface area contributed by atoms with Crippen molar-refractivity contribution in [3.8, 4) is 5.75 Å². The number of alkyl halides is 2. The van der Waals surface area contributed by atoms with Crippen molar-refractivity contribution in [2.24, 2.45) is 7.05 Å². The van der Waals surface area contributed by atoms with E-state index >= 15 is 0 Å². The standard InChI is InChI=1S/C27H34ClF2N7O4/c1-31-27(40)37-12-4-3-6-19(37)26(39)36-13-10-16-17(28)8-9-21(23(16)20(36)14-35-11-5-7-22(35)38)41-15-18-24(25(29)30)34(2)33-32-18/h8-9,19-20,25H,3-7,10-15H2,1-2H3,(H,31,40)/t19-,20+/m0/s1. The van der Waals surface area contributed by atoms with Gasteiger partial charge < -0.3 is 24.8 Å². The fraction of sp³-hybridized carbons (Fsp3) is 0.593. The minimum atomic E-state index is -2.78. The number of ether oxygens (including phenoxy) is 1. The fourth-order valence-electron chi connectivity index (χ4n) is 6.15. The molecule has 2 atom stereocenters. The van der Waals surface area contributed by atoms with Crippen LogP contribution in [0.4, 0.5) is 13.6 Å². The number of halogens is 3. The van der Waals surface area contributed by atoms with Crippen LogP contribution < -0.4 is 10.1 Å². The summed E-state index contributed by atoms with van der Waals surface area (Å²) >= 11 is 6.65. The molecule has 11 nitrogen and oxygen atoms in total. The molecule has 2 saturated heterocycles. The first-order valence-electron chi connectivity index (χ1n) is 13.9. The third-order valence-corrected chi connectivity index (χ3v) is 8.55. The average Bonchev–Trinajstić information content (AvgIpc) is 3.56. The van der Waals surface area contributed by atoms with Gasteiger partial charge in [-0.1, -0.05) is 16.8 Å². The molecule has 0 bridgehead atoms. The lowest BCUT2D eigenvalue weighted by atomic mass is 9.89. The number of nitrogens with zero attached hydrogens (tertiary/aromatic N) is 6. The minimum absolute atomic E-state index is 0.000178. The molecule has 4 amide bonds. The zero-order chi connectivity index (χ0) is 29.3. The molecule has 1 aromatic heterocycles. The number of hydrogen-bond acceptors (Lipinski definition) is 6. The third-order valence-electron chi connectivity index (χ3n) is 8.20. The highest BCUT2D eigenvalue weighted by molar-refractivity contribution is 6.31. The predicted molar refractivity (Wildman–Crippen MR) is 145 cm³/mol. The molecule has 0 aliphatic carbocycles. The maximum absolute atomic E-state index is 14.2. The van der Waals surface area contributed by atoms with E-state index in [1.54, 1.807) is 33.9 Å². The minimum Gasteiger partial charge on any atom is -0.487 e. The number of urea groups is 1. The molecular weight excluding hydrogens is 560 g/mol. The summed E-state index contributed by atoms with van der Waals surface area (Å²) in [6.45, 7) is 1.35. The van der Waals surface area contributed by atoms with E-state index < -0.39 is 18.5 Å². The molecule has 1 N–H and O–H groups in total. The number of benzene rings is 1. The zero-order valence-electron chi connectivity index (χ0n) is 23.1. The molecule has 0 radical (unpaired) electrons. The molecule has 3 aliphatic rings. The first kappa shape index (κ1) is 29.0. The first-order chi connectivity index (χ1) is 19.7. The number of rotatable bonds is 7. The largest absolute Gasteiger partial charge is 0.487 e. The van der Waals surface area contributed by atoms with Gasteiger partial charge in [0.05, 0.1) is 6.04 Å². The summed E-state index contributed by atoms with van der Waals surface area (Å²) in [5.74, 6) is 0.173. The lowest BCUT2D eigenvalue weighted by molar-refractivity contribution is -0.142. The van der Waals surface area contributed by atoms with Crippen LogP contribution in [0.25, 0.3) is 0 Å². The molecule has 3 aliphatic heterocycles. The Balaban J connectivity index is 1.51. The Morgan fingerprint density at radius 1 is 1.15 bits per heavy atom. The van der Waals surface area contributed by atoms with Gasteiger partial charge >= 0.3 is 6.03 Å². The average molecular weight is 594 g/mol. The van der Waals surface area contributed by atoms with Crippen LogP contribution in [0.3, 0.4) is 0 Å². The fourth-order valence-corrected chi connectivity index (χ4v) is 6.41. The van der Waals surface area contributed by atoms with Gasteiger partial charge in [-0.2, -0.15) is 0 Å². The van der Waals surface area contributed by atoms with Gasteiger partial charge in [-0.05, 0) is 49.8 Å². The molecule has 0 spiro atoms. The van der Waals surface area contributed by atoms with E-state index in [9.17, 15) is 23.2 Å². The topological polar surface area (TPSA) is 113 Å². The van der Waals surface area contributed by atoms with Gasteiger partial charge in [0, 0.05) is 57.3 Å². The third kappa shape index (κ3) is 5.68. The number of piperidine rings is 1. The summed E-state index contributed by atoms with van der Waals surface area (Å²) in [6, 6.07) is 1.79. The monoisotopic (exact) mass is 593 g/mol. The van der Waals surface area contributed by atoms with Crippen molar-refractivity contribution in [3.05, 3.63) is 39.7 Å². The Morgan fingerprint density at radius 3 is 2.66 bits per heavy atom. The van der Waals surface area contributed by atoms with Crippen LogP contribution in [0.2, 0.25) is 5.02 Å². The molecule has 41 heavy (non-hydrogen) atoms. The normalized spacial score (nSPS) is 20.9. The van der Waals surface area contributed by atoms with E-state index in [4.69, 9.17) is 16.3 Å². The van der Waals surface area contributed by atoms with E-state index in [1.165, 1.54) is 7.05 Å². The number of hydrogen-bond donors (Lipinski definition) is 1. The smallest absolute Gasteiger partial charge is 0.317 e. The number of amides is 4. The predicted octanol–water partition coefficient (Wildman–Crippen LogP) is 3.23. The van der Waals surface area contributed by atoms with Crippen molar-refractivity contribution in [2.45, 2.75) is 63.6 Å². The van der Waals surface area contributed by atoms with Crippen molar-refractivity contribution < 1.29 is 27.9 Å². The van der Waals surface area contributed by atoms with Crippen LogP contribution in [0.1, 0.15) is 67.1 Å². The summed E-state index contributed by atoms with van der Waals surface area (Å²) in [5, 5.41) is 10.7. The molecule has 4 heterocycles. The first-order valence-corrected chi connectivity index (χ1v) is 14.3. The van der Waals surface area contributed by atoms with Gasteiger partial charge in [0.2, 0.25) is 11.8 Å². The Kier molecular flexibility index (Phi) is 8.62. The van der Waals surface area contributed by atoms with Crippen molar-refractivity contribution >= 4 is 29.4 Å². The second kappa shape index (κ2) is 12.2. The Morgan fingerprint density at radius 2 is 1.95 bits per heavy atom. The van der Waals surface area contributed by atoms with Gasteiger partial charge in [0.15, 0.2) is 0 Å². The van der Waals surface area contributed by atoms with Crippen LogP contribution in [0.15, 0.2) is 12.1 Å². The van der Waals surface area contributed by atoms with Crippen LogP contribution in [-0.2, 0) is 29.7 Å². The van der Waals surface area contributed by atoms with Gasteiger partial charge in [-0.25, -0.2) is 18.3 Å². The number of carbonyl (C=O) groups excluding carboxylic acids is 3. The molecule has 0 saturated carbocycles. The molecule has 0 unspecified atom stereocenters. The number of carbonyl (C=O) groups is 3. The highest BCUT2D eigenvalue weighted by atomic mass is 35.5. The molecule has 14 heteroatoms. The summed E-state index contributed by atoms with van der Waals surface area (Å²) in [6.07, 6.45) is 0.962. The molecule has 1 aromatic carbocycles. The maximum atomic E-state index is 14.2. The number of aryl methyl sites for hydroxylation is 1. The van der Waals surface area contributed by atoms with E-state index in [0.29, 0.717) is 55.2 Å². The molecular formula is C27H34ClF2N7O4. The number of fused-ring (bicyclic) bond motifs is 1. The van der Waals surface area contributed by atoms with Crippen LogP contribution >= 0.6 is 11.6 Å². The van der Waals surface area contributed by atoms with Gasteiger partial charge in [-0.15, -0.1) is 5.10 Å². The Labute approximate surface area is 241 Å². The molecule has 222 valence electrons. The van der Waals surface area contributed by atoms with E-state index in [-0.39, 0.29) is 42.4 Å². The van der Waals surface area contributed by atoms with E-state index in [2.05, 4.69) is 15.6 Å². The summed E-state index contributed by atoms with van der Waals surface area (Å²) < 4.78 is 34.4. The summed E-state index contributed by atoms with van der Waals surface area (Å²) in [5.41, 5.74) is 1.09. The number of nitrogens with one attached hydrogen (secondary N) is 1. The van der Waals surface area contributed by atoms with Crippen molar-refractivity contribution in [1.82, 2.24) is 35.0 Å². The van der Waals surface area contributed by atoms with E-state index in [1.807, 2.05) is 0 Å². The Hall–Kier alpha value is -3.48. The zero-order valence-corrected chi connectivity index (χ0v) is 23.9. The highest BCUT2D eigenvalue weighted by Gasteiger charge is 2.42. The van der Waals surface area contributed by atoms with Gasteiger partial charge in [0.25, 0.3) is 6.43 Å². The SMILES string of the molecule is CNC(=O)N1CCCC[C@H]1C(=O)N1CCc2c(Cl)ccc(OCc3nnn(C)c3C(F)F)c2[C@H]1CN1CCCC1=O. The van der Waals surface area contributed by atoms with Crippen LogP contribution in [-0.4, -0.2) is 86.8 Å². The molecule has 2 aromatic rings. The number of aromatic nitrogens is 3. The summed E-state index contributed by atoms with van der Waals surface area (Å²) in [4.78, 5) is 44.6. The van der Waals surface area contributed by atoms with E-state index in [0.717, 1.165) is 29.5 Å². The van der Waals surface area contributed by atoms with Crippen molar-refractivity contribution in [3.63, 3.8) is 0 Å². The molecule has 2 fully saturated rings. The second-order valence-electron chi connectivity index (χ2n) is 10.6. The van der Waals surface area contributed by atoms with Crippen molar-refractivity contribution in [2.75, 3.05) is 33.2 Å². The maximum Gasteiger partial charge on any atom is 0.317 e. The number of likely N-dealkylation sites (tertiary alicyclic amines) is 2. The summed E-state index contributed by atoms with van der Waals surface area (Å²) in [7, 11) is 2.93. The van der Waals surface area contributed by atoms with Gasteiger partial charge in [-0.3, -0.25) is 9.59 Å². The quantitative estimate of drug-likeness (QED) is 0.527.